The van der Waals surface area contributed by atoms with Crippen molar-refractivity contribution in [2.75, 3.05) is 33.1 Å². The number of amides is 1. The Morgan fingerprint density at radius 3 is 2.50 bits per heavy atom. The molecule has 0 bridgehead atoms. The third kappa shape index (κ3) is 4.49. The Kier molecular flexibility index (Phi) is 5.89. The highest BCUT2D eigenvalue weighted by molar-refractivity contribution is 7.89. The smallest absolute Gasteiger partial charge is 0.254 e. The van der Waals surface area contributed by atoms with Crippen molar-refractivity contribution in [2.45, 2.75) is 25.8 Å². The molecule has 0 saturated carbocycles. The van der Waals surface area contributed by atoms with E-state index in [9.17, 15) is 13.2 Å². The van der Waals surface area contributed by atoms with Crippen LogP contribution in [0.1, 0.15) is 35.9 Å². The molecule has 1 aliphatic heterocycles. The predicted octanol–water partition coefficient (Wildman–Crippen LogP) is 0.236. The molecule has 2 rings (SSSR count). The molecule has 1 aromatic heterocycles. The summed E-state index contributed by atoms with van der Waals surface area (Å²) < 4.78 is 30.6. The zero-order valence-electron chi connectivity index (χ0n) is 14.4. The first-order valence-corrected chi connectivity index (χ1v) is 9.42. The summed E-state index contributed by atoms with van der Waals surface area (Å²) in [7, 11) is -0.368. The lowest BCUT2D eigenvalue weighted by molar-refractivity contribution is 0.0925. The van der Waals surface area contributed by atoms with Crippen molar-refractivity contribution in [2.24, 2.45) is 5.92 Å². The van der Waals surface area contributed by atoms with E-state index in [1.54, 1.807) is 0 Å². The molecule has 134 valence electrons. The van der Waals surface area contributed by atoms with E-state index < -0.39 is 10.0 Å². The van der Waals surface area contributed by atoms with Crippen molar-refractivity contribution < 1.29 is 17.9 Å². The Morgan fingerprint density at radius 1 is 1.33 bits per heavy atom. The Morgan fingerprint density at radius 2 is 1.96 bits per heavy atom. The Hall–Kier alpha value is -1.58. The van der Waals surface area contributed by atoms with Gasteiger partial charge in [-0.05, 0) is 0 Å². The van der Waals surface area contributed by atoms with Crippen molar-refractivity contribution in [3.05, 3.63) is 23.8 Å². The molecule has 1 amide bonds. The van der Waals surface area contributed by atoms with Crippen LogP contribution in [0.15, 0.2) is 12.4 Å². The van der Waals surface area contributed by atoms with Gasteiger partial charge in [-0.2, -0.15) is 0 Å². The third-order valence-corrected chi connectivity index (χ3v) is 5.91. The van der Waals surface area contributed by atoms with E-state index >= 15 is 0 Å². The van der Waals surface area contributed by atoms with Gasteiger partial charge in [0.05, 0.1) is 30.6 Å². The molecule has 0 aromatic carbocycles. The summed E-state index contributed by atoms with van der Waals surface area (Å²) in [6.07, 6.45) is 2.97. The van der Waals surface area contributed by atoms with E-state index in [4.69, 9.17) is 4.74 Å². The minimum atomic E-state index is -3.35. The highest BCUT2D eigenvalue weighted by Crippen LogP contribution is 2.18. The molecule has 2 heterocycles. The number of hydrogen-bond acceptors (Lipinski definition) is 6. The van der Waals surface area contributed by atoms with Gasteiger partial charge in [0.25, 0.3) is 5.91 Å². The van der Waals surface area contributed by atoms with Crippen LogP contribution in [0.5, 0.6) is 0 Å². The largest absolute Gasteiger partial charge is 0.379 e. The lowest BCUT2D eigenvalue weighted by atomic mass is 10.1. The third-order valence-electron chi connectivity index (χ3n) is 3.95. The van der Waals surface area contributed by atoms with Gasteiger partial charge >= 0.3 is 0 Å². The van der Waals surface area contributed by atoms with E-state index in [1.807, 2.05) is 13.8 Å². The molecule has 0 aliphatic carbocycles. The number of hydrogen-bond donors (Lipinski definition) is 1. The summed E-state index contributed by atoms with van der Waals surface area (Å²) in [5.41, 5.74) is 0.348. The highest BCUT2D eigenvalue weighted by atomic mass is 32.2. The average Bonchev–Trinajstić information content (AvgIpc) is 2.93. The van der Waals surface area contributed by atoms with Gasteiger partial charge in [-0.1, -0.05) is 13.8 Å². The van der Waals surface area contributed by atoms with Gasteiger partial charge in [-0.3, -0.25) is 4.79 Å². The van der Waals surface area contributed by atoms with E-state index in [-0.39, 0.29) is 29.5 Å². The molecule has 1 aliphatic rings. The molecular formula is C15H24N4O4S. The number of carbonyl (C=O) groups is 1. The maximum atomic E-state index is 12.3. The molecule has 0 unspecified atom stereocenters. The number of ether oxygens (including phenoxy) is 1. The van der Waals surface area contributed by atoms with Gasteiger partial charge in [0, 0.05) is 38.3 Å². The molecule has 1 aromatic rings. The quantitative estimate of drug-likeness (QED) is 0.783. The van der Waals surface area contributed by atoms with E-state index in [1.165, 1.54) is 30.8 Å². The second-order valence-corrected chi connectivity index (χ2v) is 8.65. The fourth-order valence-electron chi connectivity index (χ4n) is 2.35. The number of sulfonamides is 1. The molecule has 24 heavy (non-hydrogen) atoms. The second-order valence-electron chi connectivity index (χ2n) is 6.42. The Labute approximate surface area is 142 Å². The van der Waals surface area contributed by atoms with Crippen LogP contribution in [0.25, 0.3) is 0 Å². The normalized spacial score (nSPS) is 21.4. The number of carbonyl (C=O) groups excluding carboxylic acids is 1. The van der Waals surface area contributed by atoms with Gasteiger partial charge in [0.15, 0.2) is 0 Å². The lowest BCUT2D eigenvalue weighted by Gasteiger charge is -2.21. The zero-order chi connectivity index (χ0) is 17.9. The molecule has 0 spiro atoms. The van der Waals surface area contributed by atoms with Crippen molar-refractivity contribution in [1.29, 1.82) is 0 Å². The van der Waals surface area contributed by atoms with Gasteiger partial charge in [0.1, 0.15) is 5.82 Å². The molecular weight excluding hydrogens is 332 g/mol. The molecule has 0 radical (unpaired) electrons. The first-order chi connectivity index (χ1) is 11.2. The Balaban J connectivity index is 2.02. The maximum Gasteiger partial charge on any atom is 0.254 e. The molecule has 1 fully saturated rings. The van der Waals surface area contributed by atoms with Crippen LogP contribution >= 0.6 is 0 Å². The van der Waals surface area contributed by atoms with E-state index in [0.717, 1.165) is 0 Å². The van der Waals surface area contributed by atoms with Crippen LogP contribution in [0, 0.1) is 5.92 Å². The number of rotatable bonds is 6. The predicted molar refractivity (Wildman–Crippen MR) is 89.2 cm³/mol. The van der Waals surface area contributed by atoms with E-state index in [2.05, 4.69) is 15.3 Å². The average molecular weight is 356 g/mol. The second kappa shape index (κ2) is 7.54. The fourth-order valence-corrected chi connectivity index (χ4v) is 3.51. The molecule has 8 nitrogen and oxygen atoms in total. The van der Waals surface area contributed by atoms with Crippen LogP contribution in [0.3, 0.4) is 0 Å². The zero-order valence-corrected chi connectivity index (χ0v) is 15.2. The van der Waals surface area contributed by atoms with Crippen LogP contribution in [0.2, 0.25) is 0 Å². The lowest BCUT2D eigenvalue weighted by Crippen LogP contribution is -2.43. The summed E-state index contributed by atoms with van der Waals surface area (Å²) in [6.45, 7) is 4.55. The van der Waals surface area contributed by atoms with Crippen molar-refractivity contribution in [3.63, 3.8) is 0 Å². The number of aromatic nitrogens is 2. The SMILES string of the molecule is CC(C)c1ncc(C(=O)N[C@@H]2COC[C@H]2CS(=O)(=O)N(C)C)cn1. The Bertz CT molecular complexity index is 673. The molecule has 2 atom stereocenters. The minimum Gasteiger partial charge on any atom is -0.379 e. The summed E-state index contributed by atoms with van der Waals surface area (Å²) >= 11 is 0. The van der Waals surface area contributed by atoms with Crippen molar-refractivity contribution in [3.8, 4) is 0 Å². The van der Waals surface area contributed by atoms with Crippen LogP contribution < -0.4 is 5.32 Å². The van der Waals surface area contributed by atoms with Crippen LogP contribution in [0.4, 0.5) is 0 Å². The first-order valence-electron chi connectivity index (χ1n) is 7.81. The maximum absolute atomic E-state index is 12.3. The van der Waals surface area contributed by atoms with Crippen molar-refractivity contribution >= 4 is 15.9 Å². The molecule has 9 heteroatoms. The standard InChI is InChI=1S/C15H24N4O4S/c1-10(2)14-16-5-11(6-17-14)15(20)18-13-8-23-7-12(13)9-24(21,22)19(3)4/h5-6,10,12-13H,7-9H2,1-4H3,(H,18,20)/t12-,13+/m0/s1. The van der Waals surface area contributed by atoms with Gasteiger partial charge in [-0.25, -0.2) is 22.7 Å². The summed E-state index contributed by atoms with van der Waals surface area (Å²) in [5, 5.41) is 2.83. The van der Waals surface area contributed by atoms with Gasteiger partial charge in [0.2, 0.25) is 10.0 Å². The van der Waals surface area contributed by atoms with Gasteiger partial charge < -0.3 is 10.1 Å². The minimum absolute atomic E-state index is 0.0618. The van der Waals surface area contributed by atoms with Crippen LogP contribution in [-0.2, 0) is 14.8 Å². The highest BCUT2D eigenvalue weighted by Gasteiger charge is 2.34. The molecule has 1 N–H and O–H groups in total. The number of nitrogens with one attached hydrogen (secondary N) is 1. The summed E-state index contributed by atoms with van der Waals surface area (Å²) in [4.78, 5) is 20.7. The number of nitrogens with zero attached hydrogens (tertiary/aromatic N) is 3. The van der Waals surface area contributed by atoms with Crippen LogP contribution in [-0.4, -0.2) is 67.7 Å². The fraction of sp³-hybridized carbons (Fsp3) is 0.667. The van der Waals surface area contributed by atoms with E-state index in [0.29, 0.717) is 24.6 Å². The molecule has 1 saturated heterocycles. The topological polar surface area (TPSA) is 101 Å². The summed E-state index contributed by atoms with van der Waals surface area (Å²) in [6, 6.07) is -0.350. The van der Waals surface area contributed by atoms with Gasteiger partial charge in [-0.15, -0.1) is 0 Å². The van der Waals surface area contributed by atoms with Crippen molar-refractivity contribution in [1.82, 2.24) is 19.6 Å². The monoisotopic (exact) mass is 356 g/mol. The summed E-state index contributed by atoms with van der Waals surface area (Å²) in [5.74, 6) is 0.190. The first kappa shape index (κ1) is 18.8.